The van der Waals surface area contributed by atoms with Gasteiger partial charge in [0.05, 0.1) is 6.26 Å². The van der Waals surface area contributed by atoms with E-state index in [-0.39, 0.29) is 24.3 Å². The van der Waals surface area contributed by atoms with E-state index in [0.717, 1.165) is 29.4 Å². The molecule has 0 amide bonds. The molecule has 16 heavy (non-hydrogen) atoms. The average molecular weight is 244 g/mol. The van der Waals surface area contributed by atoms with Gasteiger partial charge in [-0.3, -0.25) is 0 Å². The largest absolute Gasteiger partial charge is 0.464 e. The molecule has 4 heteroatoms. The third kappa shape index (κ3) is 2.74. The van der Waals surface area contributed by atoms with Gasteiger partial charge in [-0.05, 0) is 43.5 Å². The van der Waals surface area contributed by atoms with Crippen molar-refractivity contribution >= 4 is 23.4 Å². The van der Waals surface area contributed by atoms with Gasteiger partial charge in [-0.25, -0.2) is 4.39 Å². The second-order valence-electron chi connectivity index (χ2n) is 3.92. The number of fused-ring (bicyclic) bond motifs is 1. The number of nitrogens with two attached hydrogens (primary N) is 1. The lowest BCUT2D eigenvalue weighted by molar-refractivity contribution is 0.595. The summed E-state index contributed by atoms with van der Waals surface area (Å²) in [5.41, 5.74) is 7.34. The molecule has 0 saturated heterocycles. The molecule has 2 nitrogen and oxygen atoms in total. The van der Waals surface area contributed by atoms with Crippen LogP contribution in [0, 0.1) is 5.82 Å². The van der Waals surface area contributed by atoms with Crippen LogP contribution in [0.3, 0.4) is 0 Å². The third-order valence-corrected chi connectivity index (χ3v) is 2.46. The van der Waals surface area contributed by atoms with E-state index in [1.807, 2.05) is 6.92 Å². The molecule has 0 fully saturated rings. The van der Waals surface area contributed by atoms with Gasteiger partial charge in [0, 0.05) is 11.4 Å². The molecule has 1 aromatic carbocycles. The Morgan fingerprint density at radius 3 is 2.88 bits per heavy atom. The molecule has 1 heterocycles. The lowest BCUT2D eigenvalue weighted by Crippen LogP contribution is -2.15. The van der Waals surface area contributed by atoms with Gasteiger partial charge in [0.25, 0.3) is 0 Å². The zero-order valence-corrected chi connectivity index (χ0v) is 9.89. The van der Waals surface area contributed by atoms with Crippen molar-refractivity contribution < 1.29 is 8.81 Å². The van der Waals surface area contributed by atoms with Crippen molar-refractivity contribution in [2.75, 3.05) is 0 Å². The van der Waals surface area contributed by atoms with Crippen molar-refractivity contribution in [3.63, 3.8) is 0 Å². The first kappa shape index (κ1) is 13.0. The van der Waals surface area contributed by atoms with E-state index in [4.69, 9.17) is 10.2 Å². The predicted octanol–water partition coefficient (Wildman–Crippen LogP) is 3.27. The van der Waals surface area contributed by atoms with Crippen LogP contribution in [0.25, 0.3) is 11.0 Å². The Morgan fingerprint density at radius 1 is 1.44 bits per heavy atom. The summed E-state index contributed by atoms with van der Waals surface area (Å²) >= 11 is 0. The van der Waals surface area contributed by atoms with Crippen LogP contribution in [0.1, 0.15) is 18.9 Å². The minimum absolute atomic E-state index is 0. The summed E-state index contributed by atoms with van der Waals surface area (Å²) in [6.45, 7) is 1.94. The Bertz CT molecular complexity index is 467. The molecule has 0 aliphatic heterocycles. The fourth-order valence-electron chi connectivity index (χ4n) is 1.68. The third-order valence-electron chi connectivity index (χ3n) is 2.46. The maximum Gasteiger partial charge on any atom is 0.137 e. The molecule has 2 aromatic rings. The number of rotatable bonds is 3. The van der Waals surface area contributed by atoms with E-state index in [9.17, 15) is 4.39 Å². The molecule has 2 N–H and O–H groups in total. The molecule has 0 saturated carbocycles. The van der Waals surface area contributed by atoms with E-state index >= 15 is 0 Å². The Balaban J connectivity index is 0.00000128. The van der Waals surface area contributed by atoms with Crippen LogP contribution < -0.4 is 5.73 Å². The summed E-state index contributed by atoms with van der Waals surface area (Å²) in [5, 5.41) is 0.815. The lowest BCUT2D eigenvalue weighted by atomic mass is 10.0. The molecular formula is C12H15ClFNO. The highest BCUT2D eigenvalue weighted by Gasteiger charge is 2.07. The van der Waals surface area contributed by atoms with Gasteiger partial charge in [-0.15, -0.1) is 12.4 Å². The van der Waals surface area contributed by atoms with E-state index in [2.05, 4.69) is 0 Å². The summed E-state index contributed by atoms with van der Waals surface area (Å²) in [7, 11) is 0. The van der Waals surface area contributed by atoms with Gasteiger partial charge in [0.15, 0.2) is 0 Å². The number of hydrogen-bond donors (Lipinski definition) is 1. The summed E-state index contributed by atoms with van der Waals surface area (Å²) < 4.78 is 18.6. The normalized spacial score (nSPS) is 12.4. The van der Waals surface area contributed by atoms with Crippen molar-refractivity contribution in [3.8, 4) is 0 Å². The molecule has 0 radical (unpaired) electrons. The molecule has 88 valence electrons. The highest BCUT2D eigenvalue weighted by molar-refractivity contribution is 5.85. The number of benzene rings is 1. The summed E-state index contributed by atoms with van der Waals surface area (Å²) in [6, 6.07) is 4.90. The summed E-state index contributed by atoms with van der Waals surface area (Å²) in [5.74, 6) is -0.219. The fraction of sp³-hybridized carbons (Fsp3) is 0.333. The van der Waals surface area contributed by atoms with Gasteiger partial charge in [-0.2, -0.15) is 0 Å². The maximum absolute atomic E-state index is 13.2. The highest BCUT2D eigenvalue weighted by atomic mass is 35.5. The second-order valence-corrected chi connectivity index (χ2v) is 3.92. The Kier molecular flexibility index (Phi) is 4.33. The summed E-state index contributed by atoms with van der Waals surface area (Å²) in [4.78, 5) is 0. The Labute approximate surface area is 100 Å². The van der Waals surface area contributed by atoms with Crippen molar-refractivity contribution in [1.82, 2.24) is 0 Å². The summed E-state index contributed by atoms with van der Waals surface area (Å²) in [6.07, 6.45) is 3.16. The standard InChI is InChI=1S/C12H14FNO.ClH/c1-8(14)2-3-9-6-11(13)7-10-4-5-15-12(9)10;/h4-8H,2-3,14H2,1H3;1H. The molecule has 0 aliphatic rings. The molecule has 1 atom stereocenters. The van der Waals surface area contributed by atoms with Crippen LogP contribution in [0.15, 0.2) is 28.9 Å². The Morgan fingerprint density at radius 2 is 2.19 bits per heavy atom. The molecule has 0 spiro atoms. The second kappa shape index (κ2) is 5.32. The van der Waals surface area contributed by atoms with Gasteiger partial charge >= 0.3 is 0 Å². The van der Waals surface area contributed by atoms with Crippen LogP contribution >= 0.6 is 12.4 Å². The van der Waals surface area contributed by atoms with E-state index in [1.165, 1.54) is 12.1 Å². The minimum atomic E-state index is -0.219. The lowest BCUT2D eigenvalue weighted by Gasteiger charge is -2.05. The SMILES string of the molecule is CC(N)CCc1cc(F)cc2ccoc12.Cl. The molecule has 0 aliphatic carbocycles. The van der Waals surface area contributed by atoms with Crippen LogP contribution in [-0.2, 0) is 6.42 Å². The first-order valence-corrected chi connectivity index (χ1v) is 5.08. The van der Waals surface area contributed by atoms with Crippen LogP contribution in [-0.4, -0.2) is 6.04 Å². The fourth-order valence-corrected chi connectivity index (χ4v) is 1.68. The Hall–Kier alpha value is -1.06. The van der Waals surface area contributed by atoms with Crippen molar-refractivity contribution in [2.24, 2.45) is 5.73 Å². The number of aryl methyl sites for hydroxylation is 1. The maximum atomic E-state index is 13.2. The van der Waals surface area contributed by atoms with Crippen LogP contribution in [0.2, 0.25) is 0 Å². The number of furan rings is 1. The molecule has 1 aromatic heterocycles. The molecule has 2 rings (SSSR count). The van der Waals surface area contributed by atoms with E-state index in [1.54, 1.807) is 12.3 Å². The quantitative estimate of drug-likeness (QED) is 0.899. The highest BCUT2D eigenvalue weighted by Crippen LogP contribution is 2.23. The number of hydrogen-bond acceptors (Lipinski definition) is 2. The predicted molar refractivity (Wildman–Crippen MR) is 65.4 cm³/mol. The van der Waals surface area contributed by atoms with E-state index < -0.39 is 0 Å². The van der Waals surface area contributed by atoms with Crippen molar-refractivity contribution in [1.29, 1.82) is 0 Å². The first-order chi connectivity index (χ1) is 7.16. The van der Waals surface area contributed by atoms with Gasteiger partial charge in [0.1, 0.15) is 11.4 Å². The number of halogens is 2. The van der Waals surface area contributed by atoms with Crippen molar-refractivity contribution in [3.05, 3.63) is 35.8 Å². The zero-order valence-electron chi connectivity index (χ0n) is 9.07. The topological polar surface area (TPSA) is 39.2 Å². The smallest absolute Gasteiger partial charge is 0.137 e. The van der Waals surface area contributed by atoms with Crippen LogP contribution in [0.4, 0.5) is 4.39 Å². The first-order valence-electron chi connectivity index (χ1n) is 5.08. The van der Waals surface area contributed by atoms with Crippen molar-refractivity contribution in [2.45, 2.75) is 25.8 Å². The zero-order chi connectivity index (χ0) is 10.8. The monoisotopic (exact) mass is 243 g/mol. The molecule has 0 bridgehead atoms. The average Bonchev–Trinajstić information content (AvgIpc) is 2.61. The van der Waals surface area contributed by atoms with Gasteiger partial charge in [-0.1, -0.05) is 0 Å². The van der Waals surface area contributed by atoms with Gasteiger partial charge in [0.2, 0.25) is 0 Å². The molecular weight excluding hydrogens is 229 g/mol. The van der Waals surface area contributed by atoms with Gasteiger partial charge < -0.3 is 10.2 Å². The minimum Gasteiger partial charge on any atom is -0.464 e. The molecule has 1 unspecified atom stereocenters. The van der Waals surface area contributed by atoms with Crippen LogP contribution in [0.5, 0.6) is 0 Å². The van der Waals surface area contributed by atoms with E-state index in [0.29, 0.717) is 0 Å².